The van der Waals surface area contributed by atoms with Gasteiger partial charge in [-0.2, -0.15) is 23.2 Å². The molecule has 14 rings (SSSR count). The molecule has 278 valence electrons. The Morgan fingerprint density at radius 2 is 0.667 bits per heavy atom. The Balaban J connectivity index is 1.27. The van der Waals surface area contributed by atoms with Crippen LogP contribution < -0.4 is 5.46 Å². The van der Waals surface area contributed by atoms with Crippen LogP contribution in [0.3, 0.4) is 0 Å². The van der Waals surface area contributed by atoms with Gasteiger partial charge in [0.05, 0.1) is 33.1 Å². The van der Waals surface area contributed by atoms with Gasteiger partial charge < -0.3 is 13.7 Å². The SMILES string of the molecule is c1ccc(-n2c3ccccc3c3c2c2c4ccccc4n(-c4cc5c6c(c4)-c4ccccc4SB6Sc4ccccc4-5)c2c2c4ccccc4n(-c4ccccc4)c32)cc1. The van der Waals surface area contributed by atoms with Crippen molar-refractivity contribution in [3.8, 4) is 39.3 Å². The van der Waals surface area contributed by atoms with Crippen LogP contribution in [-0.2, 0) is 0 Å². The summed E-state index contributed by atoms with van der Waals surface area (Å²) in [5, 5.41) is 7.80. The first-order valence-corrected chi connectivity index (χ1v) is 22.3. The first kappa shape index (κ1) is 33.0. The number of hydrogen-bond acceptors (Lipinski definition) is 2. The molecular weight excluding hydrogens is 766 g/mol. The molecule has 3 nitrogen and oxygen atoms in total. The lowest BCUT2D eigenvalue weighted by Crippen LogP contribution is -2.33. The van der Waals surface area contributed by atoms with Gasteiger partial charge in [0, 0.05) is 59.2 Å². The molecule has 3 aromatic heterocycles. The van der Waals surface area contributed by atoms with Gasteiger partial charge in [-0.1, -0.05) is 127 Å². The van der Waals surface area contributed by atoms with E-state index >= 15 is 0 Å². The molecule has 0 atom stereocenters. The van der Waals surface area contributed by atoms with E-state index in [2.05, 4.69) is 208 Å². The molecule has 0 saturated heterocycles. The number of aromatic nitrogens is 3. The summed E-state index contributed by atoms with van der Waals surface area (Å²) in [6, 6.07) is 72.1. The Labute approximate surface area is 354 Å². The summed E-state index contributed by atoms with van der Waals surface area (Å²) in [4.78, 5) is 2.68. The van der Waals surface area contributed by atoms with Crippen LogP contribution in [0.5, 0.6) is 0 Å². The molecule has 0 fully saturated rings. The maximum Gasteiger partial charge on any atom is 0.318 e. The zero-order valence-corrected chi connectivity index (χ0v) is 33.8. The van der Waals surface area contributed by atoms with Gasteiger partial charge in [0.1, 0.15) is 0 Å². The third kappa shape index (κ3) is 4.34. The molecule has 9 aromatic carbocycles. The molecule has 12 aromatic rings. The second kappa shape index (κ2) is 12.3. The van der Waals surface area contributed by atoms with Crippen molar-refractivity contribution in [3.63, 3.8) is 0 Å². The highest BCUT2D eigenvalue weighted by molar-refractivity contribution is 8.56. The summed E-state index contributed by atoms with van der Waals surface area (Å²) in [5.74, 6) is 0. The van der Waals surface area contributed by atoms with Crippen LogP contribution in [0.15, 0.2) is 204 Å². The number of fused-ring (bicyclic) bond motifs is 16. The maximum absolute atomic E-state index is 2.61. The molecule has 0 spiro atoms. The van der Waals surface area contributed by atoms with Crippen LogP contribution >= 0.6 is 23.2 Å². The van der Waals surface area contributed by atoms with Crippen LogP contribution in [-0.4, -0.2) is 19.0 Å². The molecule has 0 bridgehead atoms. The van der Waals surface area contributed by atoms with Crippen molar-refractivity contribution in [1.29, 1.82) is 0 Å². The number of para-hydroxylation sites is 5. The molecule has 0 amide bonds. The van der Waals surface area contributed by atoms with E-state index in [-0.39, 0.29) is 5.27 Å². The van der Waals surface area contributed by atoms with Crippen molar-refractivity contribution in [2.75, 3.05) is 0 Å². The monoisotopic (exact) mass is 797 g/mol. The lowest BCUT2D eigenvalue weighted by Gasteiger charge is -2.32. The predicted octanol–water partition coefficient (Wildman–Crippen LogP) is 14.2. The standard InChI is InChI=1S/C54H32BN3S2/c1-3-17-33(18-4-1)56-43-26-12-7-23-38(43)48-52-49(39-24-8-13-27-44(39)57(52)34-19-5-2-6-20-34)54-50(53(48)56)40-25-9-14-28-45(40)58(54)35-31-41-36-21-10-15-29-46(36)59-55-51(41)42(32-35)37-22-11-16-30-47(37)60-55/h1-32H. The average molecular weight is 798 g/mol. The normalized spacial score (nSPS) is 13.2. The molecule has 2 aliphatic heterocycles. The lowest BCUT2D eigenvalue weighted by atomic mass is 9.77. The Bertz CT molecular complexity index is 3650. The summed E-state index contributed by atoms with van der Waals surface area (Å²) in [5.41, 5.74) is 17.5. The average Bonchev–Trinajstić information content (AvgIpc) is 3.96. The second-order valence-electron chi connectivity index (χ2n) is 15.9. The van der Waals surface area contributed by atoms with E-state index in [4.69, 9.17) is 0 Å². The number of nitrogens with zero attached hydrogens (tertiary/aromatic N) is 3. The quantitative estimate of drug-likeness (QED) is 0.165. The summed E-state index contributed by atoms with van der Waals surface area (Å²) in [6.45, 7) is 0. The largest absolute Gasteiger partial charge is 0.318 e. The van der Waals surface area contributed by atoms with Crippen LogP contribution in [0.1, 0.15) is 0 Å². The zero-order valence-electron chi connectivity index (χ0n) is 32.2. The van der Waals surface area contributed by atoms with E-state index in [0.717, 1.165) is 11.4 Å². The van der Waals surface area contributed by atoms with Gasteiger partial charge in [-0.25, -0.2) is 0 Å². The van der Waals surface area contributed by atoms with Gasteiger partial charge in [0.2, 0.25) is 0 Å². The van der Waals surface area contributed by atoms with E-state index in [1.54, 1.807) is 0 Å². The van der Waals surface area contributed by atoms with Gasteiger partial charge in [0.25, 0.3) is 0 Å². The van der Waals surface area contributed by atoms with Crippen molar-refractivity contribution in [3.05, 3.63) is 194 Å². The van der Waals surface area contributed by atoms with Gasteiger partial charge in [-0.3, -0.25) is 0 Å². The first-order valence-electron chi connectivity index (χ1n) is 20.5. The Hall–Kier alpha value is -6.86. The molecule has 5 heterocycles. The Morgan fingerprint density at radius 1 is 0.317 bits per heavy atom. The maximum atomic E-state index is 2.61. The topological polar surface area (TPSA) is 14.8 Å². The van der Waals surface area contributed by atoms with Gasteiger partial charge >= 0.3 is 5.27 Å². The summed E-state index contributed by atoms with van der Waals surface area (Å²) >= 11 is 3.99. The smallest absolute Gasteiger partial charge is 0.308 e. The molecule has 0 aliphatic carbocycles. The second-order valence-corrected chi connectivity index (χ2v) is 18.5. The fourth-order valence-corrected chi connectivity index (χ4v) is 13.5. The minimum Gasteiger partial charge on any atom is -0.308 e. The van der Waals surface area contributed by atoms with Gasteiger partial charge in [-0.05, 0) is 94.4 Å². The van der Waals surface area contributed by atoms with Crippen molar-refractivity contribution < 1.29 is 0 Å². The molecule has 6 heteroatoms. The van der Waals surface area contributed by atoms with Crippen LogP contribution in [0, 0.1) is 0 Å². The highest BCUT2D eigenvalue weighted by atomic mass is 32.2. The predicted molar refractivity (Wildman–Crippen MR) is 257 cm³/mol. The van der Waals surface area contributed by atoms with E-state index in [1.165, 1.54) is 109 Å². The van der Waals surface area contributed by atoms with Crippen molar-refractivity contribution in [2.24, 2.45) is 0 Å². The molecule has 2 aliphatic rings. The highest BCUT2D eigenvalue weighted by Crippen LogP contribution is 2.53. The van der Waals surface area contributed by atoms with E-state index < -0.39 is 0 Å². The summed E-state index contributed by atoms with van der Waals surface area (Å²) in [6.07, 6.45) is 0. The van der Waals surface area contributed by atoms with Gasteiger partial charge in [-0.15, -0.1) is 0 Å². The molecule has 0 unspecified atom stereocenters. The minimum atomic E-state index is 0.281. The van der Waals surface area contributed by atoms with E-state index in [9.17, 15) is 0 Å². The third-order valence-corrected chi connectivity index (χ3v) is 15.5. The van der Waals surface area contributed by atoms with Crippen LogP contribution in [0.25, 0.3) is 105 Å². The molecule has 60 heavy (non-hydrogen) atoms. The number of benzene rings is 9. The molecule has 0 saturated carbocycles. The molecular formula is C54H32BN3S2. The van der Waals surface area contributed by atoms with E-state index in [0.29, 0.717) is 0 Å². The fourth-order valence-electron chi connectivity index (χ4n) is 10.5. The summed E-state index contributed by atoms with van der Waals surface area (Å²) < 4.78 is 7.67. The first-order chi connectivity index (χ1) is 29.8. The van der Waals surface area contributed by atoms with Crippen LogP contribution in [0.4, 0.5) is 0 Å². The van der Waals surface area contributed by atoms with E-state index in [1.807, 2.05) is 23.2 Å². The van der Waals surface area contributed by atoms with Crippen molar-refractivity contribution in [2.45, 2.75) is 9.79 Å². The Morgan fingerprint density at radius 3 is 1.10 bits per heavy atom. The Kier molecular flexibility index (Phi) is 6.79. The lowest BCUT2D eigenvalue weighted by molar-refractivity contribution is 1.17. The van der Waals surface area contributed by atoms with Crippen molar-refractivity contribution in [1.82, 2.24) is 13.7 Å². The van der Waals surface area contributed by atoms with Crippen LogP contribution in [0.2, 0.25) is 0 Å². The van der Waals surface area contributed by atoms with Gasteiger partial charge in [0.15, 0.2) is 0 Å². The minimum absolute atomic E-state index is 0.281. The number of rotatable bonds is 3. The molecule has 0 radical (unpaired) electrons. The third-order valence-electron chi connectivity index (χ3n) is 12.8. The zero-order chi connectivity index (χ0) is 39.1. The molecule has 0 N–H and O–H groups in total. The highest BCUT2D eigenvalue weighted by Gasteiger charge is 2.37. The van der Waals surface area contributed by atoms with Crippen molar-refractivity contribution >= 4 is 99.4 Å². The summed E-state index contributed by atoms with van der Waals surface area (Å²) in [7, 11) is 0. The number of hydrogen-bond donors (Lipinski definition) is 0. The fraction of sp³-hybridized carbons (Fsp3) is 0.